The topological polar surface area (TPSA) is 91.7 Å². The summed E-state index contributed by atoms with van der Waals surface area (Å²) >= 11 is 0. The van der Waals surface area contributed by atoms with E-state index < -0.39 is 0 Å². The number of fused-ring (bicyclic) bond motifs is 3. The fourth-order valence-electron chi connectivity index (χ4n) is 3.62. The fourth-order valence-corrected chi connectivity index (χ4v) is 3.62. The molecule has 3 heterocycles. The Morgan fingerprint density at radius 3 is 2.90 bits per heavy atom. The summed E-state index contributed by atoms with van der Waals surface area (Å²) in [7, 11) is 0. The highest BCUT2D eigenvalue weighted by Crippen LogP contribution is 2.32. The van der Waals surface area contributed by atoms with E-state index >= 15 is 0 Å². The van der Waals surface area contributed by atoms with Gasteiger partial charge in [0.1, 0.15) is 24.8 Å². The highest BCUT2D eigenvalue weighted by Gasteiger charge is 2.17. The van der Waals surface area contributed by atoms with E-state index in [1.54, 1.807) is 41.0 Å². The van der Waals surface area contributed by atoms with Gasteiger partial charge in [-0.15, -0.1) is 0 Å². The molecule has 0 spiro atoms. The zero-order valence-electron chi connectivity index (χ0n) is 15.6. The SMILES string of the molecule is O=C(COc1ccc2nc3n(c(=O)c2c1)CCC3)Nc1ccc2c(c1)OCCO2. The van der Waals surface area contributed by atoms with Crippen LogP contribution in [0.2, 0.25) is 0 Å². The standard InChI is InChI=1S/C21H19N3O5/c25-20(22-13-3-6-17-18(10-13)28-9-8-27-17)12-29-14-4-5-16-15(11-14)21(26)24-7-1-2-19(24)23-16/h3-6,10-11H,1-2,7-9,12H2,(H,22,25). The number of aromatic nitrogens is 2. The maximum Gasteiger partial charge on any atom is 0.262 e. The number of aryl methyl sites for hydroxylation is 1. The van der Waals surface area contributed by atoms with Crippen molar-refractivity contribution in [2.24, 2.45) is 0 Å². The second kappa shape index (κ2) is 7.12. The summed E-state index contributed by atoms with van der Waals surface area (Å²) in [4.78, 5) is 29.4. The van der Waals surface area contributed by atoms with E-state index in [1.807, 2.05) is 0 Å². The third kappa shape index (κ3) is 3.37. The lowest BCUT2D eigenvalue weighted by Gasteiger charge is -2.19. The van der Waals surface area contributed by atoms with Gasteiger partial charge in [-0.1, -0.05) is 0 Å². The number of carbonyl (C=O) groups excluding carboxylic acids is 1. The first-order chi connectivity index (χ1) is 14.2. The molecular weight excluding hydrogens is 374 g/mol. The molecule has 2 aromatic carbocycles. The molecule has 3 aromatic rings. The van der Waals surface area contributed by atoms with Crippen LogP contribution in [-0.4, -0.2) is 35.3 Å². The second-order valence-corrected chi connectivity index (χ2v) is 6.96. The van der Waals surface area contributed by atoms with E-state index in [4.69, 9.17) is 14.2 Å². The van der Waals surface area contributed by atoms with Crippen LogP contribution in [0.25, 0.3) is 10.9 Å². The molecule has 1 N–H and O–H groups in total. The van der Waals surface area contributed by atoms with Crippen molar-refractivity contribution in [3.8, 4) is 17.2 Å². The predicted molar refractivity (Wildman–Crippen MR) is 106 cm³/mol. The van der Waals surface area contributed by atoms with Crippen molar-refractivity contribution in [2.45, 2.75) is 19.4 Å². The molecule has 5 rings (SSSR count). The largest absolute Gasteiger partial charge is 0.486 e. The molecule has 0 saturated carbocycles. The van der Waals surface area contributed by atoms with Crippen molar-refractivity contribution in [3.05, 3.63) is 52.6 Å². The monoisotopic (exact) mass is 393 g/mol. The van der Waals surface area contributed by atoms with Gasteiger partial charge in [-0.05, 0) is 36.8 Å². The Kier molecular flexibility index (Phi) is 4.31. The lowest BCUT2D eigenvalue weighted by atomic mass is 10.2. The number of carbonyl (C=O) groups is 1. The molecule has 2 aliphatic rings. The number of hydrogen-bond acceptors (Lipinski definition) is 6. The van der Waals surface area contributed by atoms with Crippen LogP contribution >= 0.6 is 0 Å². The normalized spacial score (nSPS) is 14.5. The minimum absolute atomic E-state index is 0.0614. The first-order valence-corrected chi connectivity index (χ1v) is 9.53. The summed E-state index contributed by atoms with van der Waals surface area (Å²) in [5.74, 6) is 2.23. The molecule has 0 atom stereocenters. The van der Waals surface area contributed by atoms with Gasteiger partial charge in [0.15, 0.2) is 18.1 Å². The molecular formula is C21H19N3O5. The van der Waals surface area contributed by atoms with Crippen LogP contribution in [0.3, 0.4) is 0 Å². The highest BCUT2D eigenvalue weighted by atomic mass is 16.6. The third-order valence-electron chi connectivity index (χ3n) is 4.98. The van der Waals surface area contributed by atoms with Crippen molar-refractivity contribution in [3.63, 3.8) is 0 Å². The molecule has 2 aliphatic heterocycles. The maximum absolute atomic E-state index is 12.6. The van der Waals surface area contributed by atoms with Crippen LogP contribution in [-0.2, 0) is 17.8 Å². The number of amides is 1. The minimum Gasteiger partial charge on any atom is -0.486 e. The molecule has 0 bridgehead atoms. The van der Waals surface area contributed by atoms with Crippen molar-refractivity contribution in [2.75, 3.05) is 25.1 Å². The average molecular weight is 393 g/mol. The third-order valence-corrected chi connectivity index (χ3v) is 4.98. The van der Waals surface area contributed by atoms with E-state index in [1.165, 1.54) is 0 Å². The second-order valence-electron chi connectivity index (χ2n) is 6.96. The Morgan fingerprint density at radius 1 is 1.14 bits per heavy atom. The van der Waals surface area contributed by atoms with Crippen LogP contribution in [0.4, 0.5) is 5.69 Å². The number of ether oxygens (including phenoxy) is 3. The fraction of sp³-hybridized carbons (Fsp3) is 0.286. The number of nitrogens with zero attached hydrogens (tertiary/aromatic N) is 2. The summed E-state index contributed by atoms with van der Waals surface area (Å²) in [6.07, 6.45) is 1.76. The van der Waals surface area contributed by atoms with Crippen LogP contribution in [0.1, 0.15) is 12.2 Å². The van der Waals surface area contributed by atoms with Gasteiger partial charge in [-0.2, -0.15) is 0 Å². The molecule has 8 nitrogen and oxygen atoms in total. The Hall–Kier alpha value is -3.55. The van der Waals surface area contributed by atoms with E-state index in [0.29, 0.717) is 53.6 Å². The van der Waals surface area contributed by atoms with Crippen molar-refractivity contribution >= 4 is 22.5 Å². The number of rotatable bonds is 4. The summed E-state index contributed by atoms with van der Waals surface area (Å²) in [6, 6.07) is 10.3. The summed E-state index contributed by atoms with van der Waals surface area (Å²) in [5, 5.41) is 3.27. The Balaban J connectivity index is 1.28. The highest BCUT2D eigenvalue weighted by molar-refractivity contribution is 5.92. The van der Waals surface area contributed by atoms with Gasteiger partial charge in [0.25, 0.3) is 11.5 Å². The Morgan fingerprint density at radius 2 is 2.00 bits per heavy atom. The van der Waals surface area contributed by atoms with Gasteiger partial charge in [0, 0.05) is 24.7 Å². The first kappa shape index (κ1) is 17.5. The molecule has 0 radical (unpaired) electrons. The molecule has 29 heavy (non-hydrogen) atoms. The van der Waals surface area contributed by atoms with Gasteiger partial charge in [0.05, 0.1) is 10.9 Å². The number of hydrogen-bond donors (Lipinski definition) is 1. The maximum atomic E-state index is 12.6. The minimum atomic E-state index is -0.314. The van der Waals surface area contributed by atoms with Crippen LogP contribution < -0.4 is 25.1 Å². The molecule has 0 saturated heterocycles. The van der Waals surface area contributed by atoms with Crippen LogP contribution in [0.15, 0.2) is 41.2 Å². The van der Waals surface area contributed by atoms with Crippen molar-refractivity contribution in [1.82, 2.24) is 9.55 Å². The van der Waals surface area contributed by atoms with E-state index in [9.17, 15) is 9.59 Å². The molecule has 0 fully saturated rings. The molecule has 148 valence electrons. The lowest BCUT2D eigenvalue weighted by Crippen LogP contribution is -2.22. The van der Waals surface area contributed by atoms with Gasteiger partial charge < -0.3 is 19.5 Å². The summed E-state index contributed by atoms with van der Waals surface area (Å²) < 4.78 is 18.3. The van der Waals surface area contributed by atoms with E-state index in [2.05, 4.69) is 10.3 Å². The number of anilines is 1. The first-order valence-electron chi connectivity index (χ1n) is 9.53. The summed E-state index contributed by atoms with van der Waals surface area (Å²) in [6.45, 7) is 1.51. The van der Waals surface area contributed by atoms with E-state index in [0.717, 1.165) is 18.7 Å². The Labute approximate surface area is 166 Å². The predicted octanol–water partition coefficient (Wildman–Crippen LogP) is 2.13. The molecule has 8 heteroatoms. The number of benzene rings is 2. The quantitative estimate of drug-likeness (QED) is 0.730. The Bertz CT molecular complexity index is 1170. The molecule has 0 aliphatic carbocycles. The van der Waals surface area contributed by atoms with Crippen LogP contribution in [0.5, 0.6) is 17.2 Å². The number of nitrogens with one attached hydrogen (secondary N) is 1. The van der Waals surface area contributed by atoms with Crippen molar-refractivity contribution in [1.29, 1.82) is 0 Å². The zero-order valence-corrected chi connectivity index (χ0v) is 15.6. The molecule has 0 unspecified atom stereocenters. The van der Waals surface area contributed by atoms with E-state index in [-0.39, 0.29) is 18.1 Å². The molecule has 1 amide bonds. The smallest absolute Gasteiger partial charge is 0.262 e. The zero-order chi connectivity index (χ0) is 19.8. The van der Waals surface area contributed by atoms with Crippen molar-refractivity contribution < 1.29 is 19.0 Å². The van der Waals surface area contributed by atoms with Gasteiger partial charge in [0.2, 0.25) is 0 Å². The van der Waals surface area contributed by atoms with Crippen LogP contribution in [0, 0.1) is 0 Å². The lowest BCUT2D eigenvalue weighted by molar-refractivity contribution is -0.118. The van der Waals surface area contributed by atoms with Gasteiger partial charge in [-0.3, -0.25) is 14.2 Å². The summed E-state index contributed by atoms with van der Waals surface area (Å²) in [5.41, 5.74) is 1.18. The van der Waals surface area contributed by atoms with Gasteiger partial charge >= 0.3 is 0 Å². The average Bonchev–Trinajstić information content (AvgIpc) is 3.21. The molecule has 1 aromatic heterocycles. The van der Waals surface area contributed by atoms with Gasteiger partial charge in [-0.25, -0.2) is 4.98 Å².